The topological polar surface area (TPSA) is 89.3 Å². The first kappa shape index (κ1) is 15.8. The maximum Gasteiger partial charge on any atom is 0.264 e. The van der Waals surface area contributed by atoms with Crippen molar-refractivity contribution in [3.05, 3.63) is 23.4 Å². The molecule has 1 amide bonds. The van der Waals surface area contributed by atoms with Crippen LogP contribution in [-0.2, 0) is 14.8 Å². The number of fused-ring (bicyclic) bond motifs is 1. The lowest BCUT2D eigenvalue weighted by Crippen LogP contribution is -2.33. The number of benzene rings is 1. The Bertz CT molecular complexity index is 790. The molecule has 1 aromatic heterocycles. The first-order valence-electron chi connectivity index (χ1n) is 6.19. The third-order valence-electron chi connectivity index (χ3n) is 2.65. The average Bonchev–Trinajstić information content (AvgIpc) is 2.67. The van der Waals surface area contributed by atoms with Gasteiger partial charge in [0.2, 0.25) is 5.91 Å². The predicted octanol–water partition coefficient (Wildman–Crippen LogP) is 2.72. The van der Waals surface area contributed by atoms with Crippen LogP contribution in [0.5, 0.6) is 0 Å². The van der Waals surface area contributed by atoms with Crippen LogP contribution in [0.15, 0.2) is 27.6 Å². The second-order valence-electron chi connectivity index (χ2n) is 5.90. The summed E-state index contributed by atoms with van der Waals surface area (Å²) in [6.07, 6.45) is 0.0997. The molecule has 0 saturated carbocycles. The SMILES string of the molecule is CC(C)(C)CC(=O)NS(=O)(=O)c1ccc2onc(Cl)c2c1. The molecule has 0 spiro atoms. The van der Waals surface area contributed by atoms with Gasteiger partial charge < -0.3 is 4.52 Å². The summed E-state index contributed by atoms with van der Waals surface area (Å²) >= 11 is 5.80. The molecule has 6 nitrogen and oxygen atoms in total. The number of carbonyl (C=O) groups excluding carboxylic acids is 1. The van der Waals surface area contributed by atoms with Crippen LogP contribution in [0, 0.1) is 5.41 Å². The van der Waals surface area contributed by atoms with Gasteiger partial charge in [-0.25, -0.2) is 13.1 Å². The summed E-state index contributed by atoms with van der Waals surface area (Å²) in [5.74, 6) is -0.556. The first-order valence-corrected chi connectivity index (χ1v) is 8.05. The Kier molecular flexibility index (Phi) is 3.99. The van der Waals surface area contributed by atoms with Crippen molar-refractivity contribution in [1.29, 1.82) is 0 Å². The minimum Gasteiger partial charge on any atom is -0.355 e. The third-order valence-corrected chi connectivity index (χ3v) is 4.29. The number of nitrogens with zero attached hydrogens (tertiary/aromatic N) is 1. The minimum absolute atomic E-state index is 0.0673. The Morgan fingerprint density at radius 1 is 1.38 bits per heavy atom. The number of aromatic nitrogens is 1. The summed E-state index contributed by atoms with van der Waals surface area (Å²) in [5, 5.41) is 3.99. The molecule has 8 heteroatoms. The van der Waals surface area contributed by atoms with Crippen LogP contribution >= 0.6 is 11.6 Å². The Morgan fingerprint density at radius 2 is 2.05 bits per heavy atom. The van der Waals surface area contributed by atoms with Crippen molar-refractivity contribution < 1.29 is 17.7 Å². The Morgan fingerprint density at radius 3 is 2.67 bits per heavy atom. The van der Waals surface area contributed by atoms with Crippen LogP contribution in [0.4, 0.5) is 0 Å². The molecular weight excluding hydrogens is 316 g/mol. The zero-order valence-corrected chi connectivity index (χ0v) is 13.4. The van der Waals surface area contributed by atoms with E-state index in [1.165, 1.54) is 18.2 Å². The standard InChI is InChI=1S/C13H15ClN2O4S/c1-13(2,3)7-11(17)16-21(18,19)8-4-5-10-9(6-8)12(14)15-20-10/h4-6H,7H2,1-3H3,(H,16,17). The largest absolute Gasteiger partial charge is 0.355 e. The first-order chi connectivity index (χ1) is 9.58. The predicted molar refractivity (Wildman–Crippen MR) is 78.4 cm³/mol. The third kappa shape index (κ3) is 3.74. The maximum atomic E-state index is 12.2. The van der Waals surface area contributed by atoms with Crippen LogP contribution in [0.25, 0.3) is 11.0 Å². The molecule has 0 saturated heterocycles. The Hall–Kier alpha value is -1.60. The summed E-state index contributed by atoms with van der Waals surface area (Å²) in [6.45, 7) is 5.55. The zero-order chi connectivity index (χ0) is 15.8. The van der Waals surface area contributed by atoms with Gasteiger partial charge in [0.25, 0.3) is 10.0 Å². The van der Waals surface area contributed by atoms with E-state index in [4.69, 9.17) is 16.1 Å². The maximum absolute atomic E-state index is 12.2. The molecule has 0 atom stereocenters. The van der Waals surface area contributed by atoms with Crippen molar-refractivity contribution in [1.82, 2.24) is 9.88 Å². The summed E-state index contributed by atoms with van der Waals surface area (Å²) in [7, 11) is -3.95. The molecule has 0 radical (unpaired) electrons. The van der Waals surface area contributed by atoms with Crippen molar-refractivity contribution in [2.45, 2.75) is 32.1 Å². The van der Waals surface area contributed by atoms with Gasteiger partial charge in [-0.3, -0.25) is 4.79 Å². The summed E-state index contributed by atoms with van der Waals surface area (Å²) in [4.78, 5) is 11.7. The lowest BCUT2D eigenvalue weighted by Gasteiger charge is -2.17. The van der Waals surface area contributed by atoms with Gasteiger partial charge in [0.1, 0.15) is 0 Å². The van der Waals surface area contributed by atoms with Gasteiger partial charge in [0.15, 0.2) is 10.7 Å². The molecule has 21 heavy (non-hydrogen) atoms. The molecule has 1 aromatic carbocycles. The summed E-state index contributed by atoms with van der Waals surface area (Å²) in [5.41, 5.74) is 0.0707. The van der Waals surface area contributed by atoms with E-state index in [0.717, 1.165) is 0 Å². The number of hydrogen-bond donors (Lipinski definition) is 1. The number of carbonyl (C=O) groups is 1. The van der Waals surface area contributed by atoms with E-state index < -0.39 is 15.9 Å². The van der Waals surface area contributed by atoms with Gasteiger partial charge in [-0.05, 0) is 23.6 Å². The summed E-state index contributed by atoms with van der Waals surface area (Å²) < 4.78 is 31.3. The molecule has 0 aliphatic rings. The monoisotopic (exact) mass is 330 g/mol. The van der Waals surface area contributed by atoms with Crippen molar-refractivity contribution in [2.24, 2.45) is 5.41 Å². The number of sulfonamides is 1. The molecule has 1 heterocycles. The van der Waals surface area contributed by atoms with Gasteiger partial charge in [-0.15, -0.1) is 0 Å². The molecule has 2 rings (SSSR count). The van der Waals surface area contributed by atoms with Crippen molar-refractivity contribution in [2.75, 3.05) is 0 Å². The van der Waals surface area contributed by atoms with E-state index in [1.54, 1.807) is 0 Å². The van der Waals surface area contributed by atoms with E-state index >= 15 is 0 Å². The minimum atomic E-state index is -3.95. The van der Waals surface area contributed by atoms with Gasteiger partial charge in [0, 0.05) is 6.42 Å². The second kappa shape index (κ2) is 5.31. The van der Waals surface area contributed by atoms with E-state index in [-0.39, 0.29) is 21.9 Å². The van der Waals surface area contributed by atoms with Crippen molar-refractivity contribution in [3.8, 4) is 0 Å². The highest BCUT2D eigenvalue weighted by Gasteiger charge is 2.23. The number of rotatable bonds is 3. The molecule has 0 fully saturated rings. The van der Waals surface area contributed by atoms with Crippen LogP contribution in [0.2, 0.25) is 5.15 Å². The molecule has 1 N–H and O–H groups in total. The molecule has 0 aliphatic heterocycles. The van der Waals surface area contributed by atoms with E-state index in [0.29, 0.717) is 11.0 Å². The normalized spacial score (nSPS) is 12.6. The van der Waals surface area contributed by atoms with Crippen molar-refractivity contribution in [3.63, 3.8) is 0 Å². The molecule has 2 aromatic rings. The fourth-order valence-electron chi connectivity index (χ4n) is 1.78. The van der Waals surface area contributed by atoms with E-state index in [9.17, 15) is 13.2 Å². The summed E-state index contributed by atoms with van der Waals surface area (Å²) in [6, 6.07) is 4.09. The van der Waals surface area contributed by atoms with Gasteiger partial charge in [0.05, 0.1) is 10.3 Å². The molecule has 0 aliphatic carbocycles. The number of amides is 1. The fraction of sp³-hybridized carbons (Fsp3) is 0.385. The smallest absolute Gasteiger partial charge is 0.264 e. The lowest BCUT2D eigenvalue weighted by atomic mass is 9.92. The van der Waals surface area contributed by atoms with E-state index in [1.807, 2.05) is 25.5 Å². The van der Waals surface area contributed by atoms with Crippen molar-refractivity contribution >= 4 is 38.5 Å². The van der Waals surface area contributed by atoms with E-state index in [2.05, 4.69) is 5.16 Å². The number of halogens is 1. The lowest BCUT2D eigenvalue weighted by molar-refractivity contribution is -0.121. The van der Waals surface area contributed by atoms with Crippen LogP contribution in [0.1, 0.15) is 27.2 Å². The van der Waals surface area contributed by atoms with Gasteiger partial charge in [-0.2, -0.15) is 0 Å². The molecule has 0 bridgehead atoms. The fourth-order valence-corrected chi connectivity index (χ4v) is 2.97. The zero-order valence-electron chi connectivity index (χ0n) is 11.8. The Balaban J connectivity index is 2.29. The highest BCUT2D eigenvalue weighted by Crippen LogP contribution is 2.25. The van der Waals surface area contributed by atoms with Gasteiger partial charge >= 0.3 is 0 Å². The second-order valence-corrected chi connectivity index (χ2v) is 7.94. The quantitative estimate of drug-likeness (QED) is 0.934. The highest BCUT2D eigenvalue weighted by molar-refractivity contribution is 7.90. The van der Waals surface area contributed by atoms with Gasteiger partial charge in [-0.1, -0.05) is 37.5 Å². The molecular formula is C13H15ClN2O4S. The average molecular weight is 331 g/mol. The Labute approximate surface area is 127 Å². The van der Waals surface area contributed by atoms with Crippen LogP contribution < -0.4 is 4.72 Å². The molecule has 114 valence electrons. The number of nitrogens with one attached hydrogen (secondary N) is 1. The van der Waals surface area contributed by atoms with Crippen LogP contribution in [-0.4, -0.2) is 19.5 Å². The highest BCUT2D eigenvalue weighted by atomic mass is 35.5. The molecule has 0 unspecified atom stereocenters. The number of hydrogen-bond acceptors (Lipinski definition) is 5. The van der Waals surface area contributed by atoms with Crippen LogP contribution in [0.3, 0.4) is 0 Å².